The number of piperidine rings is 1. The van der Waals surface area contributed by atoms with Gasteiger partial charge < -0.3 is 10.1 Å². The fraction of sp³-hybridized carbons (Fsp3) is 0.647. The van der Waals surface area contributed by atoms with Crippen molar-refractivity contribution in [2.45, 2.75) is 45.4 Å². The van der Waals surface area contributed by atoms with E-state index < -0.39 is 0 Å². The first-order chi connectivity index (χ1) is 9.53. The monoisotopic (exact) mass is 339 g/mol. The van der Waals surface area contributed by atoms with Crippen LogP contribution in [0.15, 0.2) is 22.7 Å². The third kappa shape index (κ3) is 3.98. The highest BCUT2D eigenvalue weighted by atomic mass is 79.9. The molecule has 0 aliphatic carbocycles. The van der Waals surface area contributed by atoms with Crippen LogP contribution in [0.1, 0.15) is 45.6 Å². The molecule has 2 nitrogen and oxygen atoms in total. The van der Waals surface area contributed by atoms with E-state index in [4.69, 9.17) is 4.74 Å². The van der Waals surface area contributed by atoms with Gasteiger partial charge in [-0.25, -0.2) is 0 Å². The normalized spacial score (nSPS) is 17.2. The van der Waals surface area contributed by atoms with Crippen molar-refractivity contribution >= 4 is 15.9 Å². The summed E-state index contributed by atoms with van der Waals surface area (Å²) in [5.41, 5.74) is 1.58. The molecule has 0 unspecified atom stereocenters. The Morgan fingerprint density at radius 2 is 2.00 bits per heavy atom. The molecule has 0 spiro atoms. The van der Waals surface area contributed by atoms with Crippen LogP contribution in [-0.4, -0.2) is 19.7 Å². The first-order valence-corrected chi connectivity index (χ1v) is 8.46. The Labute approximate surface area is 131 Å². The van der Waals surface area contributed by atoms with E-state index in [2.05, 4.69) is 60.2 Å². The minimum Gasteiger partial charge on any atom is -0.492 e. The smallest absolute Gasteiger partial charge is 0.133 e. The molecule has 0 saturated carbocycles. The first kappa shape index (κ1) is 15.8. The summed E-state index contributed by atoms with van der Waals surface area (Å²) in [7, 11) is 0. The summed E-state index contributed by atoms with van der Waals surface area (Å²) in [5.74, 6) is 1.66. The number of nitrogens with one attached hydrogen (secondary N) is 1. The third-order valence-electron chi connectivity index (χ3n) is 4.53. The lowest BCUT2D eigenvalue weighted by Crippen LogP contribution is -2.30. The fourth-order valence-corrected chi connectivity index (χ4v) is 2.99. The van der Waals surface area contributed by atoms with E-state index in [0.29, 0.717) is 5.92 Å². The SMILES string of the molecule is CCC(C)(C)c1ccc(OCC2CCNCC2)c(Br)c1. The van der Waals surface area contributed by atoms with Gasteiger partial charge in [-0.1, -0.05) is 26.8 Å². The van der Waals surface area contributed by atoms with E-state index in [1.807, 2.05) is 0 Å². The van der Waals surface area contributed by atoms with Gasteiger partial charge in [-0.2, -0.15) is 0 Å². The number of hydrogen-bond donors (Lipinski definition) is 1. The summed E-state index contributed by atoms with van der Waals surface area (Å²) < 4.78 is 7.08. The lowest BCUT2D eigenvalue weighted by molar-refractivity contribution is 0.214. The average molecular weight is 340 g/mol. The second kappa shape index (κ2) is 6.95. The molecular weight excluding hydrogens is 314 g/mol. The summed E-state index contributed by atoms with van der Waals surface area (Å²) >= 11 is 3.66. The number of ether oxygens (including phenoxy) is 1. The minimum absolute atomic E-state index is 0.218. The van der Waals surface area contributed by atoms with Crippen LogP contribution in [0.25, 0.3) is 0 Å². The molecule has 1 heterocycles. The molecule has 1 fully saturated rings. The lowest BCUT2D eigenvalue weighted by Gasteiger charge is -2.25. The topological polar surface area (TPSA) is 21.3 Å². The zero-order valence-electron chi connectivity index (χ0n) is 12.8. The molecule has 0 bridgehead atoms. The van der Waals surface area contributed by atoms with Gasteiger partial charge in [0.25, 0.3) is 0 Å². The third-order valence-corrected chi connectivity index (χ3v) is 5.15. The van der Waals surface area contributed by atoms with Crippen LogP contribution >= 0.6 is 15.9 Å². The Morgan fingerprint density at radius 3 is 2.60 bits per heavy atom. The van der Waals surface area contributed by atoms with Crippen molar-refractivity contribution in [2.24, 2.45) is 5.92 Å². The van der Waals surface area contributed by atoms with Crippen molar-refractivity contribution in [3.63, 3.8) is 0 Å². The molecule has 112 valence electrons. The second-order valence-electron chi connectivity index (χ2n) is 6.39. The van der Waals surface area contributed by atoms with Crippen molar-refractivity contribution in [3.8, 4) is 5.75 Å². The molecule has 1 saturated heterocycles. The van der Waals surface area contributed by atoms with Crippen molar-refractivity contribution in [1.29, 1.82) is 0 Å². The van der Waals surface area contributed by atoms with E-state index >= 15 is 0 Å². The van der Waals surface area contributed by atoms with E-state index in [9.17, 15) is 0 Å². The van der Waals surface area contributed by atoms with Crippen LogP contribution in [0.2, 0.25) is 0 Å². The van der Waals surface area contributed by atoms with E-state index in [1.165, 1.54) is 18.4 Å². The van der Waals surface area contributed by atoms with Gasteiger partial charge in [0.15, 0.2) is 0 Å². The van der Waals surface area contributed by atoms with Gasteiger partial charge in [0.2, 0.25) is 0 Å². The molecule has 20 heavy (non-hydrogen) atoms. The lowest BCUT2D eigenvalue weighted by atomic mass is 9.82. The van der Waals surface area contributed by atoms with Crippen LogP contribution in [-0.2, 0) is 5.41 Å². The molecule has 1 aliphatic heterocycles. The Bertz CT molecular complexity index is 439. The summed E-state index contributed by atoms with van der Waals surface area (Å²) in [4.78, 5) is 0. The highest BCUT2D eigenvalue weighted by Crippen LogP contribution is 2.33. The van der Waals surface area contributed by atoms with Crippen LogP contribution in [0.4, 0.5) is 0 Å². The van der Waals surface area contributed by atoms with Gasteiger partial charge in [-0.15, -0.1) is 0 Å². The van der Waals surface area contributed by atoms with Gasteiger partial charge in [0, 0.05) is 0 Å². The predicted octanol–water partition coefficient (Wildman–Crippen LogP) is 4.52. The minimum atomic E-state index is 0.218. The maximum absolute atomic E-state index is 6.00. The summed E-state index contributed by atoms with van der Waals surface area (Å²) in [6, 6.07) is 6.52. The quantitative estimate of drug-likeness (QED) is 0.851. The van der Waals surface area contributed by atoms with E-state index in [-0.39, 0.29) is 5.41 Å². The zero-order chi connectivity index (χ0) is 14.6. The standard InChI is InChI=1S/C17H26BrNO/c1-4-17(2,3)14-5-6-16(15(18)11-14)20-12-13-7-9-19-10-8-13/h5-6,11,13,19H,4,7-10,12H2,1-3H3. The Morgan fingerprint density at radius 1 is 1.30 bits per heavy atom. The van der Waals surface area contributed by atoms with Crippen LogP contribution in [0.3, 0.4) is 0 Å². The molecule has 0 atom stereocenters. The highest BCUT2D eigenvalue weighted by Gasteiger charge is 2.19. The second-order valence-corrected chi connectivity index (χ2v) is 7.24. The number of halogens is 1. The first-order valence-electron chi connectivity index (χ1n) is 7.66. The maximum Gasteiger partial charge on any atom is 0.133 e. The number of hydrogen-bond acceptors (Lipinski definition) is 2. The van der Waals surface area contributed by atoms with Crippen molar-refractivity contribution < 1.29 is 4.74 Å². The number of rotatable bonds is 5. The van der Waals surface area contributed by atoms with E-state index in [0.717, 1.165) is 36.3 Å². The predicted molar refractivity (Wildman–Crippen MR) is 88.5 cm³/mol. The van der Waals surface area contributed by atoms with Crippen LogP contribution in [0.5, 0.6) is 5.75 Å². The molecule has 0 aromatic heterocycles. The molecule has 1 aromatic rings. The summed E-state index contributed by atoms with van der Waals surface area (Å²) in [6.45, 7) is 9.87. The maximum atomic E-state index is 6.00. The Kier molecular flexibility index (Phi) is 5.50. The van der Waals surface area contributed by atoms with Gasteiger partial charge in [0.05, 0.1) is 11.1 Å². The van der Waals surface area contributed by atoms with Gasteiger partial charge in [0.1, 0.15) is 5.75 Å². The number of benzene rings is 1. The van der Waals surface area contributed by atoms with Gasteiger partial charge >= 0.3 is 0 Å². The molecule has 0 amide bonds. The summed E-state index contributed by atoms with van der Waals surface area (Å²) in [5, 5.41) is 3.39. The van der Waals surface area contributed by atoms with Crippen molar-refractivity contribution in [2.75, 3.05) is 19.7 Å². The van der Waals surface area contributed by atoms with E-state index in [1.54, 1.807) is 0 Å². The average Bonchev–Trinajstić information content (AvgIpc) is 2.47. The van der Waals surface area contributed by atoms with Gasteiger partial charge in [-0.3, -0.25) is 0 Å². The zero-order valence-corrected chi connectivity index (χ0v) is 14.4. The van der Waals surface area contributed by atoms with Crippen molar-refractivity contribution in [3.05, 3.63) is 28.2 Å². The molecule has 0 radical (unpaired) electrons. The van der Waals surface area contributed by atoms with Crippen molar-refractivity contribution in [1.82, 2.24) is 5.32 Å². The molecule has 1 N–H and O–H groups in total. The Hall–Kier alpha value is -0.540. The molecule has 2 rings (SSSR count). The highest BCUT2D eigenvalue weighted by molar-refractivity contribution is 9.10. The molecule has 3 heteroatoms. The molecular formula is C17H26BrNO. The summed E-state index contributed by atoms with van der Waals surface area (Å²) in [6.07, 6.45) is 3.58. The van der Waals surface area contributed by atoms with Crippen LogP contribution in [0, 0.1) is 5.92 Å². The molecule has 1 aliphatic rings. The van der Waals surface area contributed by atoms with Crippen LogP contribution < -0.4 is 10.1 Å². The fourth-order valence-electron chi connectivity index (χ4n) is 2.50. The largest absolute Gasteiger partial charge is 0.492 e. The molecule has 1 aromatic carbocycles. The Balaban J connectivity index is 1.99. The van der Waals surface area contributed by atoms with Gasteiger partial charge in [-0.05, 0) is 77.3 Å².